The molecule has 0 saturated carbocycles. The summed E-state index contributed by atoms with van der Waals surface area (Å²) in [5.41, 5.74) is 28.0. The maximum absolute atomic E-state index is 16.3. The number of hydrogen-bond donors (Lipinski definition) is 6. The zero-order valence-corrected chi connectivity index (χ0v) is 32.6. The van der Waals surface area contributed by atoms with E-state index in [4.69, 9.17) is 22.9 Å². The van der Waals surface area contributed by atoms with Crippen molar-refractivity contribution in [3.63, 3.8) is 0 Å². The molecule has 3 aliphatic heterocycles. The number of halogens is 1. The van der Waals surface area contributed by atoms with Gasteiger partial charge in [-0.1, -0.05) is 30.3 Å². The lowest BCUT2D eigenvalue weighted by molar-refractivity contribution is -0.117. The second kappa shape index (κ2) is 17.2. The minimum absolute atomic E-state index is 0.0641. The number of nitrogens with zero attached hydrogens (tertiary/aromatic N) is 4. The van der Waals surface area contributed by atoms with Gasteiger partial charge in [-0.3, -0.25) is 9.59 Å². The molecular weight excluding hydrogens is 722 g/mol. The lowest BCUT2D eigenvalue weighted by atomic mass is 9.89. The van der Waals surface area contributed by atoms with E-state index >= 15 is 4.39 Å². The van der Waals surface area contributed by atoms with E-state index in [9.17, 15) is 14.7 Å². The highest BCUT2D eigenvalue weighted by molar-refractivity contribution is 5.94. The third-order valence-corrected chi connectivity index (χ3v) is 12.0. The van der Waals surface area contributed by atoms with Crippen molar-refractivity contribution in [2.75, 3.05) is 57.7 Å². The Morgan fingerprint density at radius 1 is 0.860 bits per heavy atom. The predicted octanol–water partition coefficient (Wildman–Crippen LogP) is 5.18. The van der Waals surface area contributed by atoms with Crippen molar-refractivity contribution >= 4 is 34.1 Å². The lowest BCUT2D eigenvalue weighted by Gasteiger charge is -2.41. The van der Waals surface area contributed by atoms with E-state index in [1.54, 1.807) is 29.2 Å². The number of carbonyl (C=O) groups excluding carboxylic acids is 2. The van der Waals surface area contributed by atoms with E-state index < -0.39 is 5.67 Å². The molecule has 3 saturated heterocycles. The van der Waals surface area contributed by atoms with Gasteiger partial charge in [0.05, 0.1) is 11.2 Å². The van der Waals surface area contributed by atoms with Gasteiger partial charge in [0.1, 0.15) is 17.2 Å². The average Bonchev–Trinajstić information content (AvgIpc) is 3.65. The van der Waals surface area contributed by atoms with Crippen molar-refractivity contribution in [1.82, 2.24) is 19.3 Å². The minimum atomic E-state index is -1.33. The van der Waals surface area contributed by atoms with Crippen LogP contribution in [0.15, 0.2) is 96.6 Å². The maximum Gasteiger partial charge on any atom is 0.253 e. The van der Waals surface area contributed by atoms with Gasteiger partial charge in [-0.15, -0.1) is 0 Å². The van der Waals surface area contributed by atoms with Crippen LogP contribution in [0.3, 0.4) is 0 Å². The summed E-state index contributed by atoms with van der Waals surface area (Å²) in [6.07, 6.45) is 8.55. The molecule has 0 aliphatic carbocycles. The number of nitrogens with two attached hydrogens (primary N) is 4. The van der Waals surface area contributed by atoms with Gasteiger partial charge >= 0.3 is 0 Å². The largest absolute Gasteiger partial charge is 0.507 e. The van der Waals surface area contributed by atoms with Crippen LogP contribution in [0.2, 0.25) is 0 Å². The van der Waals surface area contributed by atoms with Crippen LogP contribution in [0.25, 0.3) is 16.6 Å². The highest BCUT2D eigenvalue weighted by Gasteiger charge is 2.38. The fourth-order valence-corrected chi connectivity index (χ4v) is 8.85. The first-order valence-corrected chi connectivity index (χ1v) is 20.2. The molecule has 3 aliphatic rings. The number of carbonyl (C=O) groups is 2. The van der Waals surface area contributed by atoms with Gasteiger partial charge in [-0.2, -0.15) is 0 Å². The summed E-state index contributed by atoms with van der Waals surface area (Å²) < 4.78 is 18.6. The molecule has 0 radical (unpaired) electrons. The Labute approximate surface area is 333 Å². The quantitative estimate of drug-likeness (QED) is 0.106. The standard InChI is InChI=1S/C44H56FN9O3/c45-44(29-51-22-15-33(16-23-51)54-24-17-35-37(7-3-8-38(35)54)50-20-14-41(47)56)18-25-52(26-19-44)43(57)31-12-10-30(11-13-31)32-5-4-21-53(28-32)39(42(48)49)27-36(46)34-6-1-2-9-40(34)55/h1-3,6-13,17,24,27,32-33,50,55H,4-5,14-16,18-23,25-26,28-29,46,48-49H2,(H2,47,56)/b36-27-. The van der Waals surface area contributed by atoms with Crippen LogP contribution < -0.4 is 28.3 Å². The van der Waals surface area contributed by atoms with E-state index in [0.717, 1.165) is 67.5 Å². The van der Waals surface area contributed by atoms with E-state index in [1.165, 1.54) is 0 Å². The van der Waals surface area contributed by atoms with Crippen molar-refractivity contribution < 1.29 is 19.1 Å². The van der Waals surface area contributed by atoms with E-state index in [2.05, 4.69) is 38.0 Å². The van der Waals surface area contributed by atoms with E-state index in [-0.39, 0.29) is 35.7 Å². The summed E-state index contributed by atoms with van der Waals surface area (Å²) in [7, 11) is 0. The summed E-state index contributed by atoms with van der Waals surface area (Å²) >= 11 is 0. The Balaban J connectivity index is 0.895. The molecule has 1 unspecified atom stereocenters. The number of primary amides is 1. The maximum atomic E-state index is 16.3. The number of phenolic OH excluding ortho intramolecular Hbond substituents is 1. The number of aromatic nitrogens is 1. The number of hydrogen-bond acceptors (Lipinski definition) is 9. The first-order valence-electron chi connectivity index (χ1n) is 20.2. The summed E-state index contributed by atoms with van der Waals surface area (Å²) in [6.45, 7) is 4.75. The first kappa shape index (κ1) is 39.5. The van der Waals surface area contributed by atoms with E-state index in [1.807, 2.05) is 42.5 Å². The number of alkyl halides is 1. The average molecular weight is 778 g/mol. The molecule has 12 nitrogen and oxygen atoms in total. The van der Waals surface area contributed by atoms with Crippen LogP contribution in [0.1, 0.15) is 78.4 Å². The van der Waals surface area contributed by atoms with Gasteiger partial charge in [0.2, 0.25) is 5.91 Å². The van der Waals surface area contributed by atoms with Gasteiger partial charge < -0.3 is 52.6 Å². The van der Waals surface area contributed by atoms with Gasteiger partial charge in [0.15, 0.2) is 0 Å². The second-order valence-corrected chi connectivity index (χ2v) is 15.9. The summed E-state index contributed by atoms with van der Waals surface area (Å²) in [6, 6.07) is 23.3. The number of piperidine rings is 3. The second-order valence-electron chi connectivity index (χ2n) is 15.9. The number of aromatic hydroxyl groups is 1. The SMILES string of the molecule is NC(=O)CCNc1cccc2c1ccn2C1CCN(CC2(F)CCN(C(=O)c3ccc(C4CCCN(C(/C=C(\N)c5ccccc5O)=C(N)N)C4)cc3)CC2)CC1. The van der Waals surface area contributed by atoms with Gasteiger partial charge in [0, 0.05) is 118 Å². The normalized spacial score (nSPS) is 19.4. The number of benzene rings is 3. The molecule has 1 aromatic heterocycles. The Morgan fingerprint density at radius 2 is 1.60 bits per heavy atom. The molecule has 7 rings (SSSR count). The number of anilines is 1. The highest BCUT2D eigenvalue weighted by Crippen LogP contribution is 2.35. The number of nitrogens with one attached hydrogen (secondary N) is 1. The Morgan fingerprint density at radius 3 is 2.30 bits per heavy atom. The Bertz CT molecular complexity index is 2110. The molecular formula is C44H56FN9O3. The van der Waals surface area contributed by atoms with Gasteiger partial charge in [-0.25, -0.2) is 4.39 Å². The molecule has 1 atom stereocenters. The van der Waals surface area contributed by atoms with Gasteiger partial charge in [0.25, 0.3) is 5.91 Å². The molecule has 0 spiro atoms. The molecule has 3 aromatic carbocycles. The zero-order chi connectivity index (χ0) is 40.1. The monoisotopic (exact) mass is 777 g/mol. The van der Waals surface area contributed by atoms with Crippen molar-refractivity contribution in [2.45, 2.75) is 62.6 Å². The number of rotatable bonds is 12. The highest BCUT2D eigenvalue weighted by atomic mass is 19.1. The molecule has 4 heterocycles. The predicted molar refractivity (Wildman–Crippen MR) is 224 cm³/mol. The number of likely N-dealkylation sites (tertiary alicyclic amines) is 3. The smallest absolute Gasteiger partial charge is 0.253 e. The van der Waals surface area contributed by atoms with Crippen LogP contribution in [0, 0.1) is 0 Å². The third kappa shape index (κ3) is 9.15. The molecule has 10 N–H and O–H groups in total. The summed E-state index contributed by atoms with van der Waals surface area (Å²) in [5.74, 6) is 0.0457. The van der Waals surface area contributed by atoms with E-state index in [0.29, 0.717) is 74.1 Å². The molecule has 57 heavy (non-hydrogen) atoms. The van der Waals surface area contributed by atoms with Gasteiger partial charge in [-0.05, 0) is 79.8 Å². The van der Waals surface area contributed by atoms with Crippen LogP contribution in [0.5, 0.6) is 5.75 Å². The van der Waals surface area contributed by atoms with Crippen molar-refractivity contribution in [3.05, 3.63) is 113 Å². The molecule has 4 aromatic rings. The number of phenols is 1. The van der Waals surface area contributed by atoms with Crippen LogP contribution in [-0.4, -0.2) is 94.2 Å². The van der Waals surface area contributed by atoms with Crippen LogP contribution in [0.4, 0.5) is 10.1 Å². The molecule has 13 heteroatoms. The molecule has 3 fully saturated rings. The molecule has 302 valence electrons. The Hall–Kier alpha value is -5.69. The van der Waals surface area contributed by atoms with Crippen LogP contribution in [-0.2, 0) is 4.79 Å². The number of para-hydroxylation sites is 1. The van der Waals surface area contributed by atoms with Crippen molar-refractivity contribution in [2.24, 2.45) is 22.9 Å². The summed E-state index contributed by atoms with van der Waals surface area (Å²) in [4.78, 5) is 30.9. The topological polar surface area (TPSA) is 185 Å². The van der Waals surface area contributed by atoms with Crippen molar-refractivity contribution in [1.29, 1.82) is 0 Å². The van der Waals surface area contributed by atoms with Crippen LogP contribution >= 0.6 is 0 Å². The Kier molecular flexibility index (Phi) is 11.9. The molecule has 0 bridgehead atoms. The third-order valence-electron chi connectivity index (χ3n) is 12.0. The number of allylic oxidation sites excluding steroid dienone is 1. The minimum Gasteiger partial charge on any atom is -0.507 e. The number of fused-ring (bicyclic) bond motifs is 1. The first-order chi connectivity index (χ1) is 27.5. The fourth-order valence-electron chi connectivity index (χ4n) is 8.85. The fraction of sp³-hybridized carbons (Fsp3) is 0.409. The lowest BCUT2D eigenvalue weighted by Crippen LogP contribution is -2.51. The molecule has 2 amide bonds. The number of amides is 2. The summed E-state index contributed by atoms with van der Waals surface area (Å²) in [5, 5.41) is 14.7. The zero-order valence-electron chi connectivity index (χ0n) is 32.6. The van der Waals surface area contributed by atoms with Crippen molar-refractivity contribution in [3.8, 4) is 5.75 Å².